The van der Waals surface area contributed by atoms with Crippen LogP contribution in [0, 0.1) is 0 Å². The standard InChI is InChI=1S/C11H12F5NOS/c12-19(13,14,15,16)7-3-4-8-10(6-7)18-9-2-1-5-17-11(8)9/h3-4,6,9,11,17H,1-2,5H2/t9-,11?/m0/s1. The maximum Gasteiger partial charge on any atom is 0.310 e. The lowest BCUT2D eigenvalue weighted by atomic mass is 9.97. The molecular weight excluding hydrogens is 289 g/mol. The van der Waals surface area contributed by atoms with E-state index in [0.29, 0.717) is 24.1 Å². The van der Waals surface area contributed by atoms with Crippen LogP contribution in [-0.4, -0.2) is 12.6 Å². The third-order valence-electron chi connectivity index (χ3n) is 3.45. The number of halogens is 5. The third-order valence-corrected chi connectivity index (χ3v) is 4.59. The summed E-state index contributed by atoms with van der Waals surface area (Å²) in [4.78, 5) is -1.89. The summed E-state index contributed by atoms with van der Waals surface area (Å²) in [6.45, 7) is 0.743. The summed E-state index contributed by atoms with van der Waals surface area (Å²) in [7, 11) is -9.63. The number of piperidine rings is 1. The molecule has 1 aromatic rings. The maximum atomic E-state index is 12.7. The van der Waals surface area contributed by atoms with E-state index in [-0.39, 0.29) is 17.9 Å². The van der Waals surface area contributed by atoms with Crippen LogP contribution < -0.4 is 10.1 Å². The Kier molecular flexibility index (Phi) is 2.17. The topological polar surface area (TPSA) is 21.3 Å². The predicted molar refractivity (Wildman–Crippen MR) is 62.2 cm³/mol. The van der Waals surface area contributed by atoms with Crippen molar-refractivity contribution in [1.29, 1.82) is 0 Å². The molecule has 3 rings (SSSR count). The number of hydrogen-bond donors (Lipinski definition) is 1. The van der Waals surface area contributed by atoms with E-state index in [1.165, 1.54) is 0 Å². The van der Waals surface area contributed by atoms with Crippen LogP contribution in [0.4, 0.5) is 19.4 Å². The van der Waals surface area contributed by atoms with E-state index >= 15 is 0 Å². The van der Waals surface area contributed by atoms with Crippen molar-refractivity contribution in [3.05, 3.63) is 23.8 Å². The van der Waals surface area contributed by atoms with Crippen LogP contribution in [0.3, 0.4) is 0 Å². The van der Waals surface area contributed by atoms with Gasteiger partial charge in [0.2, 0.25) is 0 Å². The van der Waals surface area contributed by atoms with Gasteiger partial charge in [-0.25, -0.2) is 0 Å². The van der Waals surface area contributed by atoms with Gasteiger partial charge in [0.25, 0.3) is 0 Å². The van der Waals surface area contributed by atoms with Gasteiger partial charge in [-0.15, -0.1) is 0 Å². The molecule has 2 aliphatic heterocycles. The predicted octanol–water partition coefficient (Wildman–Crippen LogP) is 4.53. The number of ether oxygens (including phenoxy) is 1. The van der Waals surface area contributed by atoms with Crippen molar-refractivity contribution in [1.82, 2.24) is 5.32 Å². The molecule has 0 saturated carbocycles. The fraction of sp³-hybridized carbons (Fsp3) is 0.455. The molecule has 1 aromatic carbocycles. The second-order valence-electron chi connectivity index (χ2n) is 4.90. The molecule has 1 saturated heterocycles. The van der Waals surface area contributed by atoms with Gasteiger partial charge in [-0.2, -0.15) is 0 Å². The van der Waals surface area contributed by atoms with Gasteiger partial charge in [-0.05, 0) is 25.5 Å². The Morgan fingerprint density at radius 1 is 1.16 bits per heavy atom. The molecule has 8 heteroatoms. The van der Waals surface area contributed by atoms with E-state index in [1.54, 1.807) is 0 Å². The van der Waals surface area contributed by atoms with Crippen LogP contribution >= 0.6 is 10.2 Å². The third kappa shape index (κ3) is 2.27. The Morgan fingerprint density at radius 3 is 2.58 bits per heavy atom. The minimum absolute atomic E-state index is 0.0878. The molecule has 0 aromatic heterocycles. The first-order valence-corrected chi connectivity index (χ1v) is 7.78. The van der Waals surface area contributed by atoms with Crippen LogP contribution in [-0.2, 0) is 0 Å². The summed E-state index contributed by atoms with van der Waals surface area (Å²) in [6, 6.07) is 1.77. The number of nitrogens with one attached hydrogen (secondary N) is 1. The highest BCUT2D eigenvalue weighted by atomic mass is 32.5. The van der Waals surface area contributed by atoms with Gasteiger partial charge < -0.3 is 10.1 Å². The van der Waals surface area contributed by atoms with Crippen molar-refractivity contribution >= 4 is 10.2 Å². The van der Waals surface area contributed by atoms with Crippen molar-refractivity contribution in [2.75, 3.05) is 6.54 Å². The lowest BCUT2D eigenvalue weighted by Gasteiger charge is -2.40. The minimum atomic E-state index is -9.63. The van der Waals surface area contributed by atoms with Crippen LogP contribution in [0.2, 0.25) is 0 Å². The highest BCUT2D eigenvalue weighted by Crippen LogP contribution is 3.02. The summed E-state index contributed by atoms with van der Waals surface area (Å²) >= 11 is 0. The maximum absolute atomic E-state index is 12.7. The van der Waals surface area contributed by atoms with Crippen molar-refractivity contribution in [3.63, 3.8) is 0 Å². The normalized spacial score (nSPS) is 29.7. The summed E-state index contributed by atoms with van der Waals surface area (Å²) in [5.74, 6) is -0.0878. The van der Waals surface area contributed by atoms with E-state index in [0.717, 1.165) is 19.0 Å². The Hall–Kier alpha value is -1.02. The molecule has 2 nitrogen and oxygen atoms in total. The van der Waals surface area contributed by atoms with Gasteiger partial charge in [-0.3, -0.25) is 0 Å². The largest absolute Gasteiger partial charge is 0.488 e. The van der Waals surface area contributed by atoms with Crippen LogP contribution in [0.1, 0.15) is 24.4 Å². The Labute approximate surface area is 106 Å². The lowest BCUT2D eigenvalue weighted by Crippen LogP contribution is -2.36. The van der Waals surface area contributed by atoms with E-state index in [4.69, 9.17) is 4.74 Å². The molecule has 2 heterocycles. The van der Waals surface area contributed by atoms with E-state index in [9.17, 15) is 19.4 Å². The quantitative estimate of drug-likeness (QED) is 0.770. The number of rotatable bonds is 1. The monoisotopic (exact) mass is 301 g/mol. The van der Waals surface area contributed by atoms with Crippen molar-refractivity contribution in [2.45, 2.75) is 29.9 Å². The van der Waals surface area contributed by atoms with Crippen LogP contribution in [0.15, 0.2) is 23.1 Å². The molecule has 0 radical (unpaired) electrons. The minimum Gasteiger partial charge on any atom is -0.488 e. The number of benzene rings is 1. The molecule has 108 valence electrons. The highest BCUT2D eigenvalue weighted by Gasteiger charge is 2.65. The van der Waals surface area contributed by atoms with Gasteiger partial charge in [0.1, 0.15) is 16.7 Å². The van der Waals surface area contributed by atoms with E-state index in [1.807, 2.05) is 0 Å². The van der Waals surface area contributed by atoms with Gasteiger partial charge in [0.05, 0.1) is 6.04 Å². The van der Waals surface area contributed by atoms with Gasteiger partial charge in [0.15, 0.2) is 0 Å². The highest BCUT2D eigenvalue weighted by molar-refractivity contribution is 8.45. The van der Waals surface area contributed by atoms with Gasteiger partial charge in [-0.1, -0.05) is 25.5 Å². The molecule has 2 atom stereocenters. The van der Waals surface area contributed by atoms with E-state index < -0.39 is 15.1 Å². The molecule has 0 aliphatic carbocycles. The zero-order valence-electron chi connectivity index (χ0n) is 9.71. The molecule has 1 unspecified atom stereocenters. The Balaban J connectivity index is 2.05. The summed E-state index contributed by atoms with van der Waals surface area (Å²) < 4.78 is 68.9. The second-order valence-corrected chi connectivity index (χ2v) is 7.31. The Bertz CT molecular complexity index is 543. The number of fused-ring (bicyclic) bond motifs is 3. The first kappa shape index (κ1) is 13.0. The molecule has 2 aliphatic rings. The smallest absolute Gasteiger partial charge is 0.310 e. The van der Waals surface area contributed by atoms with Gasteiger partial charge >= 0.3 is 10.2 Å². The fourth-order valence-corrected chi connectivity index (χ4v) is 3.23. The molecular formula is C11H12F5NOS. The van der Waals surface area contributed by atoms with Crippen molar-refractivity contribution < 1.29 is 24.2 Å². The summed E-state index contributed by atoms with van der Waals surface area (Å²) in [5.41, 5.74) is 0.523. The first-order chi connectivity index (χ1) is 8.54. The SMILES string of the molecule is FS(F)(F)(F)(F)c1ccc2c(c1)O[C@H]1CCCNC21. The van der Waals surface area contributed by atoms with Crippen LogP contribution in [0.5, 0.6) is 5.75 Å². The zero-order chi connectivity index (χ0) is 14.0. The van der Waals surface area contributed by atoms with Crippen molar-refractivity contribution in [2.24, 2.45) is 0 Å². The molecule has 1 N–H and O–H groups in total. The summed E-state index contributed by atoms with van der Waals surface area (Å²) in [5, 5.41) is 3.13. The molecule has 0 spiro atoms. The average Bonchev–Trinajstić information content (AvgIpc) is 2.63. The second kappa shape index (κ2) is 3.17. The zero-order valence-corrected chi connectivity index (χ0v) is 10.5. The lowest BCUT2D eigenvalue weighted by molar-refractivity contribution is 0.154. The molecule has 19 heavy (non-hydrogen) atoms. The number of hydrogen-bond acceptors (Lipinski definition) is 2. The fourth-order valence-electron chi connectivity index (χ4n) is 2.57. The first-order valence-electron chi connectivity index (χ1n) is 5.83. The van der Waals surface area contributed by atoms with Gasteiger partial charge in [0, 0.05) is 11.6 Å². The molecule has 0 amide bonds. The molecule has 1 fully saturated rings. The van der Waals surface area contributed by atoms with E-state index in [2.05, 4.69) is 5.32 Å². The van der Waals surface area contributed by atoms with Crippen LogP contribution in [0.25, 0.3) is 0 Å². The average molecular weight is 301 g/mol. The summed E-state index contributed by atoms with van der Waals surface area (Å²) in [6.07, 6.45) is 1.29. The Morgan fingerprint density at radius 2 is 1.89 bits per heavy atom. The van der Waals surface area contributed by atoms with Crippen molar-refractivity contribution in [3.8, 4) is 5.75 Å². The molecule has 0 bridgehead atoms.